The molecule has 0 aromatic heterocycles. The number of amides is 2. The number of sulfonamides is 1. The second-order valence-corrected chi connectivity index (χ2v) is 8.62. The Morgan fingerprint density at radius 2 is 1.77 bits per heavy atom. The molecule has 162 valence electrons. The lowest BCUT2D eigenvalue weighted by Crippen LogP contribution is -2.24. The number of hydrogen-bond donors (Lipinski definition) is 3. The minimum Gasteiger partial charge on any atom is -0.482 e. The Kier molecular flexibility index (Phi) is 8.64. The average Bonchev–Trinajstić information content (AvgIpc) is 2.67. The van der Waals surface area contributed by atoms with Crippen LogP contribution >= 0.6 is 11.6 Å². The van der Waals surface area contributed by atoms with Crippen molar-refractivity contribution in [3.63, 3.8) is 0 Å². The van der Waals surface area contributed by atoms with Gasteiger partial charge in [0.1, 0.15) is 5.75 Å². The third-order valence-electron chi connectivity index (χ3n) is 3.86. The van der Waals surface area contributed by atoms with Gasteiger partial charge < -0.3 is 15.4 Å². The number of ether oxygens (including phenoxy) is 1. The van der Waals surface area contributed by atoms with Gasteiger partial charge in [-0.25, -0.2) is 13.1 Å². The van der Waals surface area contributed by atoms with Crippen LogP contribution in [0, 0.1) is 0 Å². The van der Waals surface area contributed by atoms with Gasteiger partial charge in [0.15, 0.2) is 6.61 Å². The summed E-state index contributed by atoms with van der Waals surface area (Å²) in [5, 5.41) is 5.35. The van der Waals surface area contributed by atoms with Crippen LogP contribution in [0.2, 0.25) is 5.02 Å². The first-order valence-electron chi connectivity index (χ1n) is 9.31. The van der Waals surface area contributed by atoms with Gasteiger partial charge >= 0.3 is 0 Å². The van der Waals surface area contributed by atoms with E-state index in [2.05, 4.69) is 15.4 Å². The van der Waals surface area contributed by atoms with Crippen molar-refractivity contribution in [3.8, 4) is 5.75 Å². The quantitative estimate of drug-likeness (QED) is 0.477. The smallest absolute Gasteiger partial charge is 0.262 e. The molecule has 0 aliphatic rings. The van der Waals surface area contributed by atoms with Gasteiger partial charge in [0.25, 0.3) is 5.91 Å². The molecular formula is C20H24ClN3O5S. The molecular weight excluding hydrogens is 430 g/mol. The molecule has 0 saturated carbocycles. The van der Waals surface area contributed by atoms with Crippen LogP contribution in [0.4, 0.5) is 11.4 Å². The lowest BCUT2D eigenvalue weighted by Gasteiger charge is -2.11. The number of benzene rings is 2. The highest BCUT2D eigenvalue weighted by atomic mass is 35.5. The van der Waals surface area contributed by atoms with Gasteiger partial charge in [-0.3, -0.25) is 9.59 Å². The number of rotatable bonds is 10. The van der Waals surface area contributed by atoms with E-state index in [1.54, 1.807) is 24.3 Å². The predicted molar refractivity (Wildman–Crippen MR) is 116 cm³/mol. The Hall–Kier alpha value is -2.62. The molecule has 0 aliphatic heterocycles. The third-order valence-corrected chi connectivity index (χ3v) is 5.62. The maximum Gasteiger partial charge on any atom is 0.262 e. The highest BCUT2D eigenvalue weighted by Crippen LogP contribution is 2.27. The van der Waals surface area contributed by atoms with Crippen LogP contribution in [0.1, 0.15) is 26.7 Å². The van der Waals surface area contributed by atoms with Crippen LogP contribution in [-0.2, 0) is 19.6 Å². The maximum atomic E-state index is 12.2. The number of unbranched alkanes of at least 4 members (excludes halogenated alkanes) is 1. The molecule has 30 heavy (non-hydrogen) atoms. The van der Waals surface area contributed by atoms with Crippen LogP contribution in [0.5, 0.6) is 5.75 Å². The summed E-state index contributed by atoms with van der Waals surface area (Å²) in [7, 11) is -3.66. The largest absolute Gasteiger partial charge is 0.482 e. The summed E-state index contributed by atoms with van der Waals surface area (Å²) in [4.78, 5) is 23.3. The summed E-state index contributed by atoms with van der Waals surface area (Å²) in [6.07, 6.45) is 1.60. The monoisotopic (exact) mass is 453 g/mol. The minimum atomic E-state index is -3.66. The maximum absolute atomic E-state index is 12.2. The zero-order chi connectivity index (χ0) is 22.1. The molecule has 0 spiro atoms. The van der Waals surface area contributed by atoms with Gasteiger partial charge in [0.2, 0.25) is 15.9 Å². The SMILES string of the molecule is CCCCNS(=O)(=O)c1ccc(OCC(=O)Nc2cccc(NC(C)=O)c2)c(Cl)c1. The van der Waals surface area contributed by atoms with Crippen LogP contribution in [0.15, 0.2) is 47.4 Å². The molecule has 8 nitrogen and oxygen atoms in total. The Bertz CT molecular complexity index is 1010. The van der Waals surface area contributed by atoms with Crippen molar-refractivity contribution < 1.29 is 22.7 Å². The Morgan fingerprint density at radius 3 is 2.40 bits per heavy atom. The van der Waals surface area contributed by atoms with E-state index in [-0.39, 0.29) is 28.2 Å². The van der Waals surface area contributed by atoms with Crippen molar-refractivity contribution in [2.24, 2.45) is 0 Å². The van der Waals surface area contributed by atoms with E-state index in [1.807, 2.05) is 6.92 Å². The van der Waals surface area contributed by atoms with Crippen molar-refractivity contribution in [3.05, 3.63) is 47.5 Å². The predicted octanol–water partition coefficient (Wildman–Crippen LogP) is 3.39. The zero-order valence-corrected chi connectivity index (χ0v) is 18.3. The second kappa shape index (κ2) is 11.0. The number of carbonyl (C=O) groups excluding carboxylic acids is 2. The fraction of sp³-hybridized carbons (Fsp3) is 0.300. The van der Waals surface area contributed by atoms with Crippen molar-refractivity contribution in [1.29, 1.82) is 0 Å². The molecule has 0 aliphatic carbocycles. The number of anilines is 2. The van der Waals surface area contributed by atoms with E-state index in [0.717, 1.165) is 12.8 Å². The number of halogens is 1. The van der Waals surface area contributed by atoms with E-state index in [0.29, 0.717) is 17.9 Å². The topological polar surface area (TPSA) is 114 Å². The standard InChI is InChI=1S/C20H24ClN3O5S/c1-3-4-10-22-30(27,28)17-8-9-19(18(21)12-17)29-13-20(26)24-16-7-5-6-15(11-16)23-14(2)25/h5-9,11-12,22H,3-4,10,13H2,1-2H3,(H,23,25)(H,24,26). The molecule has 0 heterocycles. The van der Waals surface area contributed by atoms with Crippen LogP contribution in [0.25, 0.3) is 0 Å². The molecule has 0 unspecified atom stereocenters. The molecule has 0 radical (unpaired) electrons. The average molecular weight is 454 g/mol. The first kappa shape index (κ1) is 23.7. The van der Waals surface area contributed by atoms with Crippen molar-refractivity contribution in [2.75, 3.05) is 23.8 Å². The molecule has 2 rings (SSSR count). The summed E-state index contributed by atoms with van der Waals surface area (Å²) in [6.45, 7) is 3.37. The van der Waals surface area contributed by atoms with E-state index < -0.39 is 15.9 Å². The van der Waals surface area contributed by atoms with Crippen molar-refractivity contribution in [2.45, 2.75) is 31.6 Å². The lowest BCUT2D eigenvalue weighted by atomic mass is 10.2. The Balaban J connectivity index is 1.96. The summed E-state index contributed by atoms with van der Waals surface area (Å²) in [5.41, 5.74) is 1.04. The van der Waals surface area contributed by atoms with Gasteiger partial charge in [0.05, 0.1) is 9.92 Å². The van der Waals surface area contributed by atoms with E-state index >= 15 is 0 Å². The van der Waals surface area contributed by atoms with Crippen molar-refractivity contribution in [1.82, 2.24) is 4.72 Å². The van der Waals surface area contributed by atoms with Gasteiger partial charge in [-0.2, -0.15) is 0 Å². The summed E-state index contributed by atoms with van der Waals surface area (Å²) < 4.78 is 32.4. The third kappa shape index (κ3) is 7.33. The summed E-state index contributed by atoms with van der Waals surface area (Å²) in [5.74, 6) is -0.474. The minimum absolute atomic E-state index is 0.0233. The first-order valence-corrected chi connectivity index (χ1v) is 11.2. The highest BCUT2D eigenvalue weighted by Gasteiger charge is 2.16. The number of carbonyl (C=O) groups is 2. The Morgan fingerprint density at radius 1 is 1.07 bits per heavy atom. The van der Waals surface area contributed by atoms with E-state index in [1.165, 1.54) is 25.1 Å². The van der Waals surface area contributed by atoms with Crippen LogP contribution in [0.3, 0.4) is 0 Å². The summed E-state index contributed by atoms with van der Waals surface area (Å²) in [6, 6.07) is 10.7. The van der Waals surface area contributed by atoms with Crippen LogP contribution < -0.4 is 20.1 Å². The molecule has 2 amide bonds. The molecule has 2 aromatic carbocycles. The fourth-order valence-electron chi connectivity index (χ4n) is 2.45. The number of nitrogens with one attached hydrogen (secondary N) is 3. The van der Waals surface area contributed by atoms with Gasteiger partial charge in [0, 0.05) is 24.8 Å². The first-order chi connectivity index (χ1) is 14.2. The zero-order valence-electron chi connectivity index (χ0n) is 16.7. The van der Waals surface area contributed by atoms with E-state index in [9.17, 15) is 18.0 Å². The van der Waals surface area contributed by atoms with Gasteiger partial charge in [-0.05, 0) is 42.8 Å². The van der Waals surface area contributed by atoms with Gasteiger partial charge in [-0.1, -0.05) is 31.0 Å². The normalized spacial score (nSPS) is 11.0. The fourth-order valence-corrected chi connectivity index (χ4v) is 3.85. The molecule has 0 fully saturated rings. The molecule has 10 heteroatoms. The second-order valence-electron chi connectivity index (χ2n) is 6.44. The molecule has 0 bridgehead atoms. The Labute approximate surface area is 181 Å². The van der Waals surface area contributed by atoms with Gasteiger partial charge in [-0.15, -0.1) is 0 Å². The summed E-state index contributed by atoms with van der Waals surface area (Å²) >= 11 is 6.12. The lowest BCUT2D eigenvalue weighted by molar-refractivity contribution is -0.118. The molecule has 2 aromatic rings. The highest BCUT2D eigenvalue weighted by molar-refractivity contribution is 7.89. The van der Waals surface area contributed by atoms with E-state index in [4.69, 9.17) is 16.3 Å². The van der Waals surface area contributed by atoms with Crippen molar-refractivity contribution >= 4 is 44.8 Å². The molecule has 0 saturated heterocycles. The van der Waals surface area contributed by atoms with Crippen LogP contribution in [-0.4, -0.2) is 33.4 Å². The molecule has 0 atom stereocenters. The molecule has 3 N–H and O–H groups in total. The number of hydrogen-bond acceptors (Lipinski definition) is 5.